The summed E-state index contributed by atoms with van der Waals surface area (Å²) < 4.78 is 24.1. The Morgan fingerprint density at radius 1 is 1.29 bits per heavy atom. The Hall–Kier alpha value is -3.55. The van der Waals surface area contributed by atoms with Crippen LogP contribution in [-0.2, 0) is 19.1 Å². The van der Waals surface area contributed by atoms with E-state index in [-0.39, 0.29) is 27.1 Å². The summed E-state index contributed by atoms with van der Waals surface area (Å²) in [5.74, 6) is -4.83. The van der Waals surface area contributed by atoms with E-state index in [4.69, 9.17) is 21.1 Å². The fourth-order valence-corrected chi connectivity index (χ4v) is 4.64. The first-order valence-electron chi connectivity index (χ1n) is 10.4. The van der Waals surface area contributed by atoms with E-state index in [0.717, 1.165) is 18.9 Å². The molecule has 0 radical (unpaired) electrons. The SMILES string of the molecule is CCOc1ccc([C@@H]2C(C#N)=C(SCC(=O)Nc3ccccc3F)NC(=O)[C@H]2C(=O)OC)cc1Cl. The highest BCUT2D eigenvalue weighted by atomic mass is 35.5. The number of ether oxygens (including phenoxy) is 2. The zero-order valence-corrected chi connectivity index (χ0v) is 20.3. The van der Waals surface area contributed by atoms with Crippen molar-refractivity contribution in [2.45, 2.75) is 12.8 Å². The van der Waals surface area contributed by atoms with Gasteiger partial charge in [-0.2, -0.15) is 5.26 Å². The number of hydrogen-bond donors (Lipinski definition) is 2. The molecule has 2 aromatic carbocycles. The first-order valence-corrected chi connectivity index (χ1v) is 11.8. The predicted molar refractivity (Wildman–Crippen MR) is 129 cm³/mol. The molecule has 0 bridgehead atoms. The van der Waals surface area contributed by atoms with E-state index in [1.165, 1.54) is 24.3 Å². The molecule has 0 aromatic heterocycles. The minimum Gasteiger partial charge on any atom is -0.492 e. The number of halogens is 2. The second kappa shape index (κ2) is 11.7. The van der Waals surface area contributed by atoms with Gasteiger partial charge in [-0.1, -0.05) is 41.6 Å². The van der Waals surface area contributed by atoms with E-state index < -0.39 is 35.4 Å². The number of methoxy groups -OCH3 is 1. The quantitative estimate of drug-likeness (QED) is 0.401. The van der Waals surface area contributed by atoms with Crippen LogP contribution in [-0.4, -0.2) is 37.3 Å². The number of para-hydroxylation sites is 1. The van der Waals surface area contributed by atoms with Crippen molar-refractivity contribution in [3.8, 4) is 11.8 Å². The number of nitrogens with zero attached hydrogens (tertiary/aromatic N) is 1. The first-order chi connectivity index (χ1) is 16.8. The average Bonchev–Trinajstić information content (AvgIpc) is 2.84. The zero-order valence-electron chi connectivity index (χ0n) is 18.8. The molecule has 2 atom stereocenters. The second-order valence-electron chi connectivity index (χ2n) is 7.26. The number of allylic oxidation sites excluding steroid dienone is 1. The molecule has 0 spiro atoms. The first kappa shape index (κ1) is 26.1. The van der Waals surface area contributed by atoms with Gasteiger partial charge in [0.05, 0.1) is 46.9 Å². The molecule has 0 saturated carbocycles. The lowest BCUT2D eigenvalue weighted by Gasteiger charge is -2.31. The molecule has 35 heavy (non-hydrogen) atoms. The van der Waals surface area contributed by atoms with E-state index in [1.54, 1.807) is 25.1 Å². The maximum atomic E-state index is 13.8. The van der Waals surface area contributed by atoms with Crippen LogP contribution in [0.5, 0.6) is 5.75 Å². The molecule has 1 aliphatic heterocycles. The zero-order chi connectivity index (χ0) is 25.5. The van der Waals surface area contributed by atoms with E-state index in [2.05, 4.69) is 10.6 Å². The number of esters is 1. The highest BCUT2D eigenvalue weighted by Gasteiger charge is 2.44. The third kappa shape index (κ3) is 5.93. The van der Waals surface area contributed by atoms with Crippen LogP contribution in [0.15, 0.2) is 53.1 Å². The van der Waals surface area contributed by atoms with Crippen molar-refractivity contribution in [2.24, 2.45) is 5.92 Å². The van der Waals surface area contributed by atoms with Gasteiger partial charge in [0.15, 0.2) is 0 Å². The number of rotatable bonds is 8. The fraction of sp³-hybridized carbons (Fsp3) is 0.250. The van der Waals surface area contributed by atoms with Gasteiger partial charge in [0.1, 0.15) is 17.5 Å². The molecular formula is C24H21ClFN3O5S. The van der Waals surface area contributed by atoms with Crippen LogP contribution >= 0.6 is 23.4 Å². The van der Waals surface area contributed by atoms with Crippen LogP contribution in [0.2, 0.25) is 5.02 Å². The third-order valence-electron chi connectivity index (χ3n) is 5.09. The van der Waals surface area contributed by atoms with E-state index >= 15 is 0 Å². The lowest BCUT2D eigenvalue weighted by molar-refractivity contribution is -0.150. The van der Waals surface area contributed by atoms with Gasteiger partial charge in [-0.3, -0.25) is 14.4 Å². The molecule has 182 valence electrons. The number of anilines is 1. The molecule has 0 saturated heterocycles. The number of amides is 2. The predicted octanol–water partition coefficient (Wildman–Crippen LogP) is 3.99. The number of benzene rings is 2. The summed E-state index contributed by atoms with van der Waals surface area (Å²) in [6, 6.07) is 12.5. The van der Waals surface area contributed by atoms with Crippen LogP contribution in [0, 0.1) is 23.1 Å². The van der Waals surface area contributed by atoms with Crippen LogP contribution in [0.3, 0.4) is 0 Å². The Balaban J connectivity index is 1.94. The minimum atomic E-state index is -1.35. The summed E-state index contributed by atoms with van der Waals surface area (Å²) in [4.78, 5) is 37.8. The standard InChI is InChI=1S/C24H21ClFN3O5S/c1-3-34-18-9-8-13(10-15(18)25)20-14(11-27)23(29-22(31)21(20)24(32)33-2)35-12-19(30)28-17-7-5-4-6-16(17)26/h4-10,20-21H,3,12H2,1-2H3,(H,28,30)(H,29,31)/t20-,21+/m1/s1. The van der Waals surface area contributed by atoms with Crippen LogP contribution in [0.4, 0.5) is 10.1 Å². The second-order valence-corrected chi connectivity index (χ2v) is 8.65. The van der Waals surface area contributed by atoms with Gasteiger partial charge in [-0.25, -0.2) is 4.39 Å². The highest BCUT2D eigenvalue weighted by Crippen LogP contribution is 2.42. The minimum absolute atomic E-state index is 0.00734. The van der Waals surface area contributed by atoms with Gasteiger partial charge >= 0.3 is 5.97 Å². The molecule has 0 unspecified atom stereocenters. The molecule has 2 amide bonds. The largest absolute Gasteiger partial charge is 0.492 e. The summed E-state index contributed by atoms with van der Waals surface area (Å²) in [5.41, 5.74) is 0.492. The van der Waals surface area contributed by atoms with Crippen molar-refractivity contribution >= 4 is 46.8 Å². The molecule has 0 fully saturated rings. The Labute approximate surface area is 210 Å². The van der Waals surface area contributed by atoms with Gasteiger partial charge in [0.2, 0.25) is 11.8 Å². The fourth-order valence-electron chi connectivity index (χ4n) is 3.55. The molecule has 11 heteroatoms. The summed E-state index contributed by atoms with van der Waals surface area (Å²) in [5, 5.41) is 15.3. The van der Waals surface area contributed by atoms with Crippen molar-refractivity contribution in [1.29, 1.82) is 5.26 Å². The lowest BCUT2D eigenvalue weighted by Crippen LogP contribution is -2.44. The summed E-state index contributed by atoms with van der Waals surface area (Å²) in [7, 11) is 1.14. The van der Waals surface area contributed by atoms with Crippen molar-refractivity contribution in [3.63, 3.8) is 0 Å². The number of nitrogens with one attached hydrogen (secondary N) is 2. The van der Waals surface area contributed by atoms with Gasteiger partial charge < -0.3 is 20.1 Å². The van der Waals surface area contributed by atoms with E-state index in [0.29, 0.717) is 17.9 Å². The number of carbonyl (C=O) groups is 3. The van der Waals surface area contributed by atoms with Crippen LogP contribution in [0.25, 0.3) is 0 Å². The maximum absolute atomic E-state index is 13.8. The van der Waals surface area contributed by atoms with Gasteiger partial charge in [0.25, 0.3) is 0 Å². The molecular weight excluding hydrogens is 497 g/mol. The topological polar surface area (TPSA) is 118 Å². The van der Waals surface area contributed by atoms with E-state index in [1.807, 2.05) is 6.07 Å². The Bertz CT molecular complexity index is 1230. The average molecular weight is 518 g/mol. The summed E-state index contributed by atoms with van der Waals surface area (Å²) in [6.45, 7) is 2.18. The molecule has 1 aliphatic rings. The number of thioether (sulfide) groups is 1. The Morgan fingerprint density at radius 3 is 2.66 bits per heavy atom. The van der Waals surface area contributed by atoms with Crippen molar-refractivity contribution in [3.05, 3.63) is 69.5 Å². The van der Waals surface area contributed by atoms with Gasteiger partial charge in [0, 0.05) is 5.92 Å². The molecule has 3 rings (SSSR count). The van der Waals surface area contributed by atoms with Crippen LogP contribution in [0.1, 0.15) is 18.4 Å². The summed E-state index contributed by atoms with van der Waals surface area (Å²) in [6.07, 6.45) is 0. The maximum Gasteiger partial charge on any atom is 0.319 e. The number of carbonyl (C=O) groups excluding carboxylic acids is 3. The summed E-state index contributed by atoms with van der Waals surface area (Å²) >= 11 is 7.20. The molecule has 1 heterocycles. The van der Waals surface area contributed by atoms with Crippen LogP contribution < -0.4 is 15.4 Å². The lowest BCUT2D eigenvalue weighted by atomic mass is 9.78. The molecule has 8 nitrogen and oxygen atoms in total. The smallest absolute Gasteiger partial charge is 0.319 e. The van der Waals surface area contributed by atoms with Gasteiger partial charge in [-0.05, 0) is 36.8 Å². The molecule has 0 aliphatic carbocycles. The molecule has 2 aromatic rings. The highest BCUT2D eigenvalue weighted by molar-refractivity contribution is 8.03. The molecule has 2 N–H and O–H groups in total. The Morgan fingerprint density at radius 2 is 2.03 bits per heavy atom. The van der Waals surface area contributed by atoms with Crippen molar-refractivity contribution in [2.75, 3.05) is 24.8 Å². The normalized spacial score (nSPS) is 17.3. The third-order valence-corrected chi connectivity index (χ3v) is 6.41. The van der Waals surface area contributed by atoms with Crippen molar-refractivity contribution < 1.29 is 28.2 Å². The number of hydrogen-bond acceptors (Lipinski definition) is 7. The number of nitriles is 1. The Kier molecular flexibility index (Phi) is 8.73. The monoisotopic (exact) mass is 517 g/mol. The van der Waals surface area contributed by atoms with Gasteiger partial charge in [-0.15, -0.1) is 0 Å². The van der Waals surface area contributed by atoms with E-state index in [9.17, 15) is 24.0 Å². The van der Waals surface area contributed by atoms with Crippen molar-refractivity contribution in [1.82, 2.24) is 5.32 Å².